The van der Waals surface area contributed by atoms with Crippen LogP contribution in [0.5, 0.6) is 11.5 Å². The first kappa shape index (κ1) is 14.9. The van der Waals surface area contributed by atoms with E-state index in [1.54, 1.807) is 13.0 Å². The van der Waals surface area contributed by atoms with Crippen molar-refractivity contribution in [1.82, 2.24) is 0 Å². The minimum Gasteiger partial charge on any atom is -0.456 e. The van der Waals surface area contributed by atoms with Gasteiger partial charge >= 0.3 is 0 Å². The largest absolute Gasteiger partial charge is 0.456 e. The Morgan fingerprint density at radius 3 is 2.62 bits per heavy atom. The number of hydrogen-bond donors (Lipinski definition) is 1. The molecule has 0 aromatic heterocycles. The monoisotopic (exact) mass is 291 g/mol. The second kappa shape index (κ2) is 5.88. The van der Waals surface area contributed by atoms with Gasteiger partial charge in [-0.2, -0.15) is 0 Å². The van der Waals surface area contributed by atoms with E-state index in [0.29, 0.717) is 5.56 Å². The number of hydrogen-bond acceptors (Lipinski definition) is 4. The minimum atomic E-state index is -0.922. The molecule has 0 heterocycles. The van der Waals surface area contributed by atoms with Gasteiger partial charge in [-0.1, -0.05) is 6.07 Å². The highest BCUT2D eigenvalue weighted by atomic mass is 19.1. The molecule has 0 saturated heterocycles. The first-order chi connectivity index (χ1) is 9.90. The predicted molar refractivity (Wildman–Crippen MR) is 74.9 cm³/mol. The molecule has 2 aromatic carbocycles. The molecule has 1 atom stereocenters. The molecule has 0 unspecified atom stereocenters. The summed E-state index contributed by atoms with van der Waals surface area (Å²) in [6.45, 7) is 3.06. The van der Waals surface area contributed by atoms with E-state index in [1.807, 2.05) is 0 Å². The van der Waals surface area contributed by atoms with E-state index in [4.69, 9.17) is 4.74 Å². The van der Waals surface area contributed by atoms with Gasteiger partial charge in [-0.3, -0.25) is 10.1 Å². The van der Waals surface area contributed by atoms with Gasteiger partial charge in [-0.05, 0) is 38.1 Å². The average Bonchev–Trinajstić information content (AvgIpc) is 2.42. The van der Waals surface area contributed by atoms with Crippen molar-refractivity contribution in [2.24, 2.45) is 0 Å². The lowest BCUT2D eigenvalue weighted by molar-refractivity contribution is -0.385. The smallest absolute Gasteiger partial charge is 0.276 e. The van der Waals surface area contributed by atoms with Crippen molar-refractivity contribution in [2.75, 3.05) is 0 Å². The Bertz CT molecular complexity index is 685. The zero-order valence-electron chi connectivity index (χ0n) is 11.5. The Balaban J connectivity index is 2.44. The minimum absolute atomic E-state index is 0.0618. The van der Waals surface area contributed by atoms with E-state index in [2.05, 4.69) is 0 Å². The summed E-state index contributed by atoms with van der Waals surface area (Å²) >= 11 is 0. The van der Waals surface area contributed by atoms with Crippen LogP contribution in [0.4, 0.5) is 10.1 Å². The van der Waals surface area contributed by atoms with E-state index in [1.165, 1.54) is 37.3 Å². The summed E-state index contributed by atoms with van der Waals surface area (Å²) in [5.41, 5.74) is 0.581. The summed E-state index contributed by atoms with van der Waals surface area (Å²) < 4.78 is 18.9. The molecule has 2 aromatic rings. The summed E-state index contributed by atoms with van der Waals surface area (Å²) in [5, 5.41) is 20.6. The topological polar surface area (TPSA) is 72.6 Å². The van der Waals surface area contributed by atoms with Gasteiger partial charge in [0.1, 0.15) is 17.3 Å². The highest BCUT2D eigenvalue weighted by Gasteiger charge is 2.17. The van der Waals surface area contributed by atoms with Crippen LogP contribution in [-0.2, 0) is 0 Å². The standard InChI is InChI=1S/C15H14FNO4/c1-9-13(17(19)20)4-3-5-14(9)21-15-7-6-11(16)8-12(15)10(2)18/h3-8,10,18H,1-2H3/t10-/m0/s1. The number of nitro benzene ring substituents is 1. The maximum Gasteiger partial charge on any atom is 0.276 e. The van der Waals surface area contributed by atoms with Crippen LogP contribution in [0.3, 0.4) is 0 Å². The third-order valence-corrected chi connectivity index (χ3v) is 3.09. The van der Waals surface area contributed by atoms with Crippen molar-refractivity contribution >= 4 is 5.69 Å². The molecule has 5 nitrogen and oxygen atoms in total. The fourth-order valence-corrected chi connectivity index (χ4v) is 1.97. The van der Waals surface area contributed by atoms with Crippen LogP contribution in [0.15, 0.2) is 36.4 Å². The van der Waals surface area contributed by atoms with Gasteiger partial charge < -0.3 is 9.84 Å². The third-order valence-electron chi connectivity index (χ3n) is 3.09. The maximum absolute atomic E-state index is 13.2. The van der Waals surface area contributed by atoms with Gasteiger partial charge in [0.05, 0.1) is 16.6 Å². The Morgan fingerprint density at radius 1 is 1.29 bits per heavy atom. The first-order valence-electron chi connectivity index (χ1n) is 6.29. The van der Waals surface area contributed by atoms with Crippen LogP contribution in [0.25, 0.3) is 0 Å². The molecule has 0 amide bonds. The number of ether oxygens (including phenoxy) is 1. The molecule has 1 N–H and O–H groups in total. The quantitative estimate of drug-likeness (QED) is 0.685. The molecule has 21 heavy (non-hydrogen) atoms. The molecule has 110 valence electrons. The molecule has 0 spiro atoms. The van der Waals surface area contributed by atoms with Gasteiger partial charge in [-0.25, -0.2) is 4.39 Å². The Hall–Kier alpha value is -2.47. The van der Waals surface area contributed by atoms with Crippen molar-refractivity contribution in [3.05, 3.63) is 63.5 Å². The first-order valence-corrected chi connectivity index (χ1v) is 6.29. The Labute approximate surface area is 120 Å². The molecular formula is C15H14FNO4. The summed E-state index contributed by atoms with van der Waals surface area (Å²) in [6, 6.07) is 8.22. The molecular weight excluding hydrogens is 277 g/mol. The summed E-state index contributed by atoms with van der Waals surface area (Å²) in [5.74, 6) is 0.0571. The lowest BCUT2D eigenvalue weighted by atomic mass is 10.1. The SMILES string of the molecule is Cc1c(Oc2ccc(F)cc2[C@H](C)O)cccc1[N+](=O)[O-]. The molecule has 0 aliphatic heterocycles. The zero-order valence-corrected chi connectivity index (χ0v) is 11.5. The number of benzene rings is 2. The zero-order chi connectivity index (χ0) is 15.6. The highest BCUT2D eigenvalue weighted by Crippen LogP contribution is 2.34. The number of rotatable bonds is 4. The number of nitrogens with zero attached hydrogens (tertiary/aromatic N) is 1. The van der Waals surface area contributed by atoms with E-state index >= 15 is 0 Å². The van der Waals surface area contributed by atoms with Crippen molar-refractivity contribution in [3.8, 4) is 11.5 Å². The second-order valence-corrected chi connectivity index (χ2v) is 4.62. The Kier molecular flexibility index (Phi) is 4.18. The highest BCUT2D eigenvalue weighted by molar-refractivity contribution is 5.50. The van der Waals surface area contributed by atoms with Gasteiger partial charge in [0.2, 0.25) is 0 Å². The molecule has 0 fully saturated rings. The second-order valence-electron chi connectivity index (χ2n) is 4.62. The number of nitro groups is 1. The van der Waals surface area contributed by atoms with Gasteiger partial charge in [0, 0.05) is 11.6 Å². The van der Waals surface area contributed by atoms with E-state index in [0.717, 1.165) is 0 Å². The Morgan fingerprint density at radius 2 is 2.00 bits per heavy atom. The van der Waals surface area contributed by atoms with Crippen molar-refractivity contribution in [2.45, 2.75) is 20.0 Å². The lowest BCUT2D eigenvalue weighted by Gasteiger charge is -2.14. The van der Waals surface area contributed by atoms with E-state index in [9.17, 15) is 19.6 Å². The summed E-state index contributed by atoms with van der Waals surface area (Å²) in [4.78, 5) is 10.4. The predicted octanol–water partition coefficient (Wildman–Crippen LogP) is 3.89. The summed E-state index contributed by atoms with van der Waals surface area (Å²) in [7, 11) is 0. The van der Waals surface area contributed by atoms with Crippen LogP contribution in [0.1, 0.15) is 24.2 Å². The van der Waals surface area contributed by atoms with Crippen LogP contribution in [0, 0.1) is 22.9 Å². The fourth-order valence-electron chi connectivity index (χ4n) is 1.97. The van der Waals surface area contributed by atoms with Crippen LogP contribution < -0.4 is 4.74 Å². The molecule has 0 aliphatic rings. The molecule has 0 bridgehead atoms. The van der Waals surface area contributed by atoms with Gasteiger partial charge in [0.25, 0.3) is 5.69 Å². The van der Waals surface area contributed by atoms with Gasteiger partial charge in [-0.15, -0.1) is 0 Å². The molecule has 0 saturated carbocycles. The molecule has 0 radical (unpaired) electrons. The van der Waals surface area contributed by atoms with E-state index in [-0.39, 0.29) is 22.7 Å². The fraction of sp³-hybridized carbons (Fsp3) is 0.200. The van der Waals surface area contributed by atoms with Crippen molar-refractivity contribution in [3.63, 3.8) is 0 Å². The maximum atomic E-state index is 13.2. The van der Waals surface area contributed by atoms with Crippen LogP contribution in [-0.4, -0.2) is 10.0 Å². The number of aliphatic hydroxyl groups is 1. The third kappa shape index (κ3) is 3.17. The van der Waals surface area contributed by atoms with Gasteiger partial charge in [0.15, 0.2) is 0 Å². The van der Waals surface area contributed by atoms with Crippen LogP contribution in [0.2, 0.25) is 0 Å². The van der Waals surface area contributed by atoms with Crippen molar-refractivity contribution < 1.29 is 19.2 Å². The number of halogens is 1. The normalized spacial score (nSPS) is 12.0. The summed E-state index contributed by atoms with van der Waals surface area (Å²) in [6.07, 6.45) is -0.922. The molecule has 6 heteroatoms. The van der Waals surface area contributed by atoms with Crippen molar-refractivity contribution in [1.29, 1.82) is 0 Å². The molecule has 0 aliphatic carbocycles. The number of aliphatic hydroxyl groups excluding tert-OH is 1. The average molecular weight is 291 g/mol. The van der Waals surface area contributed by atoms with E-state index < -0.39 is 16.8 Å². The molecule has 2 rings (SSSR count). The van der Waals surface area contributed by atoms with Crippen LogP contribution >= 0.6 is 0 Å². The lowest BCUT2D eigenvalue weighted by Crippen LogP contribution is -1.99.